The molecule has 0 atom stereocenters. The SMILES string of the molecule is Cc1nc(C)c(C)nc1C.Cl.O.O. The Labute approximate surface area is 84.4 Å². The Morgan fingerprint density at radius 2 is 0.769 bits per heavy atom. The minimum atomic E-state index is 0. The highest BCUT2D eigenvalue weighted by molar-refractivity contribution is 5.85. The zero-order valence-corrected chi connectivity index (χ0v) is 9.12. The molecule has 4 N–H and O–H groups in total. The number of aromatic nitrogens is 2. The lowest BCUT2D eigenvalue weighted by Crippen LogP contribution is -1.97. The van der Waals surface area contributed by atoms with E-state index in [4.69, 9.17) is 0 Å². The van der Waals surface area contributed by atoms with E-state index in [1.165, 1.54) is 0 Å². The Morgan fingerprint density at radius 3 is 0.923 bits per heavy atom. The van der Waals surface area contributed by atoms with Gasteiger partial charge in [-0.1, -0.05) is 0 Å². The first kappa shape index (κ1) is 18.2. The van der Waals surface area contributed by atoms with Crippen LogP contribution < -0.4 is 0 Å². The van der Waals surface area contributed by atoms with Gasteiger partial charge < -0.3 is 11.0 Å². The predicted molar refractivity (Wildman–Crippen MR) is 55.5 cm³/mol. The lowest BCUT2D eigenvalue weighted by molar-refractivity contribution is 0.823. The number of halogens is 1. The molecule has 0 saturated heterocycles. The number of aryl methyl sites for hydroxylation is 4. The molecule has 0 aliphatic heterocycles. The highest BCUT2D eigenvalue weighted by Gasteiger charge is 1.98. The summed E-state index contributed by atoms with van der Waals surface area (Å²) in [4.78, 5) is 8.62. The summed E-state index contributed by atoms with van der Waals surface area (Å²) in [5.41, 5.74) is 4.12. The molecule has 0 radical (unpaired) electrons. The Morgan fingerprint density at radius 1 is 0.615 bits per heavy atom. The third kappa shape index (κ3) is 4.17. The van der Waals surface area contributed by atoms with Gasteiger partial charge in [0.2, 0.25) is 0 Å². The van der Waals surface area contributed by atoms with Crippen LogP contribution in [0.15, 0.2) is 0 Å². The standard InChI is InChI=1S/C8H12N2.ClH.2H2O/c1-5-6(2)10-8(4)7(3)9-5;;;/h1-4H3;1H;2*1H2. The molecule has 1 aromatic heterocycles. The van der Waals surface area contributed by atoms with E-state index >= 15 is 0 Å². The van der Waals surface area contributed by atoms with Crippen LogP contribution in [0.3, 0.4) is 0 Å². The third-order valence-corrected chi connectivity index (χ3v) is 1.72. The van der Waals surface area contributed by atoms with Crippen LogP contribution in [0.5, 0.6) is 0 Å². The molecule has 0 fully saturated rings. The average Bonchev–Trinajstić information content (AvgIpc) is 1.84. The summed E-state index contributed by atoms with van der Waals surface area (Å²) in [6.07, 6.45) is 0. The van der Waals surface area contributed by atoms with E-state index in [-0.39, 0.29) is 23.4 Å². The Bertz CT molecular complexity index is 216. The van der Waals surface area contributed by atoms with Gasteiger partial charge in [0.25, 0.3) is 0 Å². The van der Waals surface area contributed by atoms with Crippen molar-refractivity contribution in [1.29, 1.82) is 0 Å². The second kappa shape index (κ2) is 6.77. The molecule has 1 rings (SSSR count). The average molecular weight is 209 g/mol. The van der Waals surface area contributed by atoms with Gasteiger partial charge in [0.05, 0.1) is 22.8 Å². The molecule has 1 aromatic rings. The Hall–Kier alpha value is -0.710. The largest absolute Gasteiger partial charge is 0.412 e. The molecule has 0 unspecified atom stereocenters. The molecule has 0 aliphatic rings. The van der Waals surface area contributed by atoms with Gasteiger partial charge in [0.15, 0.2) is 0 Å². The summed E-state index contributed by atoms with van der Waals surface area (Å²) in [7, 11) is 0. The second-order valence-corrected chi connectivity index (χ2v) is 2.57. The predicted octanol–water partition coefficient (Wildman–Crippen LogP) is 0.483. The van der Waals surface area contributed by atoms with Gasteiger partial charge in [-0.2, -0.15) is 0 Å². The molecule has 78 valence electrons. The van der Waals surface area contributed by atoms with Gasteiger partial charge in [0.1, 0.15) is 0 Å². The van der Waals surface area contributed by atoms with Gasteiger partial charge in [-0.25, -0.2) is 0 Å². The highest BCUT2D eigenvalue weighted by Crippen LogP contribution is 2.04. The van der Waals surface area contributed by atoms with Gasteiger partial charge in [-0.05, 0) is 27.7 Å². The van der Waals surface area contributed by atoms with Crippen LogP contribution in [0.2, 0.25) is 0 Å². The number of hydrogen-bond acceptors (Lipinski definition) is 2. The van der Waals surface area contributed by atoms with E-state index in [2.05, 4.69) is 9.97 Å². The molecule has 0 spiro atoms. The van der Waals surface area contributed by atoms with Crippen molar-refractivity contribution in [2.75, 3.05) is 0 Å². The van der Waals surface area contributed by atoms with Crippen LogP contribution in [0.4, 0.5) is 0 Å². The molecule has 5 heteroatoms. The van der Waals surface area contributed by atoms with Gasteiger partial charge in [-0.3, -0.25) is 9.97 Å². The van der Waals surface area contributed by atoms with Crippen molar-refractivity contribution in [2.45, 2.75) is 27.7 Å². The quantitative estimate of drug-likeness (QED) is 0.621. The summed E-state index contributed by atoms with van der Waals surface area (Å²) in [6.45, 7) is 7.92. The van der Waals surface area contributed by atoms with E-state index in [0.29, 0.717) is 0 Å². The maximum Gasteiger partial charge on any atom is 0.0588 e. The topological polar surface area (TPSA) is 88.8 Å². The first-order valence-corrected chi connectivity index (χ1v) is 3.39. The Kier molecular flexibility index (Phi) is 9.45. The molecule has 0 aliphatic carbocycles. The highest BCUT2D eigenvalue weighted by atomic mass is 35.5. The molecule has 0 amide bonds. The lowest BCUT2D eigenvalue weighted by atomic mass is 10.3. The fourth-order valence-corrected chi connectivity index (χ4v) is 0.827. The lowest BCUT2D eigenvalue weighted by Gasteiger charge is -2.01. The van der Waals surface area contributed by atoms with E-state index < -0.39 is 0 Å². The van der Waals surface area contributed by atoms with Crippen LogP contribution in [0.25, 0.3) is 0 Å². The smallest absolute Gasteiger partial charge is 0.0588 e. The molecule has 1 heterocycles. The van der Waals surface area contributed by atoms with Crippen LogP contribution in [-0.2, 0) is 0 Å². The summed E-state index contributed by atoms with van der Waals surface area (Å²) >= 11 is 0. The van der Waals surface area contributed by atoms with Gasteiger partial charge >= 0.3 is 0 Å². The van der Waals surface area contributed by atoms with Gasteiger partial charge in [-0.15, -0.1) is 12.4 Å². The number of rotatable bonds is 0. The first-order valence-electron chi connectivity index (χ1n) is 3.39. The molecule has 0 bridgehead atoms. The van der Waals surface area contributed by atoms with Crippen molar-refractivity contribution in [3.63, 3.8) is 0 Å². The fourth-order valence-electron chi connectivity index (χ4n) is 0.827. The maximum atomic E-state index is 4.31. The Balaban J connectivity index is -0.000000333. The van der Waals surface area contributed by atoms with E-state index in [1.54, 1.807) is 0 Å². The minimum Gasteiger partial charge on any atom is -0.412 e. The second-order valence-electron chi connectivity index (χ2n) is 2.57. The normalized spacial score (nSPS) is 7.69. The molecular weight excluding hydrogens is 192 g/mol. The van der Waals surface area contributed by atoms with Crippen molar-refractivity contribution in [2.24, 2.45) is 0 Å². The fraction of sp³-hybridized carbons (Fsp3) is 0.500. The summed E-state index contributed by atoms with van der Waals surface area (Å²) < 4.78 is 0. The van der Waals surface area contributed by atoms with Crippen LogP contribution in [0, 0.1) is 27.7 Å². The van der Waals surface area contributed by atoms with Crippen LogP contribution in [-0.4, -0.2) is 20.9 Å². The molecular formula is C8H17ClN2O2. The monoisotopic (exact) mass is 208 g/mol. The van der Waals surface area contributed by atoms with Crippen LogP contribution in [0.1, 0.15) is 22.8 Å². The summed E-state index contributed by atoms with van der Waals surface area (Å²) in [5.74, 6) is 0. The van der Waals surface area contributed by atoms with E-state index in [9.17, 15) is 0 Å². The van der Waals surface area contributed by atoms with Crippen molar-refractivity contribution < 1.29 is 11.0 Å². The van der Waals surface area contributed by atoms with Crippen molar-refractivity contribution in [3.8, 4) is 0 Å². The molecule has 4 nitrogen and oxygen atoms in total. The number of nitrogens with zero attached hydrogens (tertiary/aromatic N) is 2. The number of hydrogen-bond donors (Lipinski definition) is 0. The van der Waals surface area contributed by atoms with Gasteiger partial charge in [0, 0.05) is 0 Å². The zero-order valence-electron chi connectivity index (χ0n) is 8.30. The maximum absolute atomic E-state index is 4.31. The van der Waals surface area contributed by atoms with E-state index in [1.807, 2.05) is 27.7 Å². The summed E-state index contributed by atoms with van der Waals surface area (Å²) in [6, 6.07) is 0. The minimum absolute atomic E-state index is 0. The first-order chi connectivity index (χ1) is 4.61. The molecule has 0 saturated carbocycles. The summed E-state index contributed by atoms with van der Waals surface area (Å²) in [5, 5.41) is 0. The van der Waals surface area contributed by atoms with Crippen molar-refractivity contribution >= 4 is 12.4 Å². The molecule has 0 aromatic carbocycles. The zero-order chi connectivity index (χ0) is 7.72. The van der Waals surface area contributed by atoms with E-state index in [0.717, 1.165) is 22.8 Å². The molecule has 13 heavy (non-hydrogen) atoms. The third-order valence-electron chi connectivity index (χ3n) is 1.72. The van der Waals surface area contributed by atoms with Crippen molar-refractivity contribution in [1.82, 2.24) is 9.97 Å². The van der Waals surface area contributed by atoms with Crippen LogP contribution >= 0.6 is 12.4 Å². The van der Waals surface area contributed by atoms with Crippen molar-refractivity contribution in [3.05, 3.63) is 22.8 Å².